The number of hydrazine groups is 1. The van der Waals surface area contributed by atoms with E-state index in [9.17, 15) is 14.8 Å². The summed E-state index contributed by atoms with van der Waals surface area (Å²) in [4.78, 5) is 30.8. The molecule has 0 aromatic heterocycles. The van der Waals surface area contributed by atoms with Gasteiger partial charge in [-0.15, -0.1) is 0 Å². The number of nitrogens with zero attached hydrogens (tertiary/aromatic N) is 3. The van der Waals surface area contributed by atoms with Crippen LogP contribution in [0.3, 0.4) is 0 Å². The van der Waals surface area contributed by atoms with E-state index in [1.54, 1.807) is 61.7 Å². The molecule has 1 aromatic rings. The number of benzene rings is 2. The van der Waals surface area contributed by atoms with E-state index in [1.807, 2.05) is 13.0 Å². The minimum atomic E-state index is -1.29. The van der Waals surface area contributed by atoms with E-state index in [2.05, 4.69) is 10.4 Å². The quantitative estimate of drug-likeness (QED) is 0.604. The molecule has 0 saturated carbocycles. The van der Waals surface area contributed by atoms with Crippen LogP contribution in [0.15, 0.2) is 77.6 Å². The number of carbonyl (C=O) groups is 2. The third-order valence-corrected chi connectivity index (χ3v) is 5.56. The Morgan fingerprint density at radius 3 is 2.69 bits per heavy atom. The van der Waals surface area contributed by atoms with Crippen LogP contribution in [0.4, 0.5) is 0 Å². The van der Waals surface area contributed by atoms with Crippen molar-refractivity contribution in [3.8, 4) is 17.0 Å². The van der Waals surface area contributed by atoms with E-state index in [0.29, 0.717) is 34.5 Å². The number of carbonyl (C=O) groups excluding carboxylic acids is 2. The number of methoxy groups -OCH3 is 1. The molecule has 8 heteroatoms. The summed E-state index contributed by atoms with van der Waals surface area (Å²) in [5, 5.41) is 12.0. The lowest BCUT2D eigenvalue weighted by Gasteiger charge is -2.39. The highest BCUT2D eigenvalue weighted by molar-refractivity contribution is 5.99. The first-order valence-electron chi connectivity index (χ1n) is 10.2. The Balaban J connectivity index is 1.96. The lowest BCUT2D eigenvalue weighted by molar-refractivity contribution is -0.136. The average Bonchev–Trinajstić information content (AvgIpc) is 2.81. The van der Waals surface area contributed by atoms with Crippen molar-refractivity contribution in [2.75, 3.05) is 13.7 Å². The molecular weight excluding hydrogens is 408 g/mol. The molecule has 0 saturated heterocycles. The van der Waals surface area contributed by atoms with Gasteiger partial charge in [0, 0.05) is 18.3 Å². The number of amides is 1. The van der Waals surface area contributed by atoms with Gasteiger partial charge >= 0.3 is 0 Å². The molecule has 1 aliphatic carbocycles. The molecule has 1 atom stereocenters. The van der Waals surface area contributed by atoms with Crippen LogP contribution in [0.25, 0.3) is 11.3 Å². The van der Waals surface area contributed by atoms with Gasteiger partial charge in [0.2, 0.25) is 0 Å². The lowest BCUT2D eigenvalue weighted by Crippen LogP contribution is -2.60. The zero-order chi connectivity index (χ0) is 22.9. The zero-order valence-electron chi connectivity index (χ0n) is 18.1. The first-order valence-corrected chi connectivity index (χ1v) is 10.2. The molecule has 0 bridgehead atoms. The SMILES string of the molecule is CCN1NC(C(C)=O)(c2cccc(OC)c2)C=C(N=c2cccc3n(O)cccc2-3)C1=O. The monoisotopic (exact) mass is 432 g/mol. The molecule has 3 aliphatic rings. The first kappa shape index (κ1) is 21.3. The number of ketones is 1. The van der Waals surface area contributed by atoms with Crippen molar-refractivity contribution >= 4 is 11.7 Å². The summed E-state index contributed by atoms with van der Waals surface area (Å²) >= 11 is 0. The molecule has 164 valence electrons. The van der Waals surface area contributed by atoms with Gasteiger partial charge < -0.3 is 9.94 Å². The Morgan fingerprint density at radius 2 is 1.97 bits per heavy atom. The van der Waals surface area contributed by atoms with Gasteiger partial charge in [0.1, 0.15) is 17.0 Å². The molecular formula is C24H24N4O4. The van der Waals surface area contributed by atoms with E-state index >= 15 is 0 Å². The molecule has 2 N–H and O–H groups in total. The number of rotatable bonds is 5. The predicted molar refractivity (Wildman–Crippen MR) is 118 cm³/mol. The summed E-state index contributed by atoms with van der Waals surface area (Å²) in [5.41, 5.74) is 3.78. The number of aromatic nitrogens is 1. The second-order valence-corrected chi connectivity index (χ2v) is 7.46. The van der Waals surface area contributed by atoms with E-state index in [-0.39, 0.29) is 17.4 Å². The third kappa shape index (κ3) is 3.54. The maximum atomic E-state index is 13.1. The Labute approximate surface area is 185 Å². The van der Waals surface area contributed by atoms with Crippen LogP contribution in [0.5, 0.6) is 5.75 Å². The zero-order valence-corrected chi connectivity index (χ0v) is 18.1. The van der Waals surface area contributed by atoms with E-state index in [0.717, 1.165) is 4.73 Å². The van der Waals surface area contributed by atoms with E-state index in [1.165, 1.54) is 18.1 Å². The number of hydrogen-bond donors (Lipinski definition) is 2. The van der Waals surface area contributed by atoms with Gasteiger partial charge in [0.25, 0.3) is 5.91 Å². The molecule has 8 nitrogen and oxygen atoms in total. The van der Waals surface area contributed by atoms with Crippen molar-refractivity contribution in [2.45, 2.75) is 19.4 Å². The smallest absolute Gasteiger partial charge is 0.286 e. The molecule has 2 aliphatic heterocycles. The van der Waals surface area contributed by atoms with Gasteiger partial charge in [-0.05, 0) is 61.9 Å². The highest BCUT2D eigenvalue weighted by atomic mass is 16.5. The molecule has 4 rings (SSSR count). The summed E-state index contributed by atoms with van der Waals surface area (Å²) in [7, 11) is 1.56. The van der Waals surface area contributed by atoms with Gasteiger partial charge in [0.15, 0.2) is 5.78 Å². The summed E-state index contributed by atoms with van der Waals surface area (Å²) in [6.45, 7) is 3.62. The summed E-state index contributed by atoms with van der Waals surface area (Å²) < 4.78 is 6.34. The fraction of sp³-hybridized carbons (Fsp3) is 0.208. The van der Waals surface area contributed by atoms with E-state index in [4.69, 9.17) is 4.74 Å². The van der Waals surface area contributed by atoms with Gasteiger partial charge in [-0.2, -0.15) is 4.73 Å². The molecule has 0 fully saturated rings. The Bertz CT molecular complexity index is 1260. The summed E-state index contributed by atoms with van der Waals surface area (Å²) in [5.74, 6) is 0.0471. The minimum absolute atomic E-state index is 0.129. The van der Waals surface area contributed by atoms with Crippen molar-refractivity contribution in [1.82, 2.24) is 15.2 Å². The molecule has 32 heavy (non-hydrogen) atoms. The molecule has 2 heterocycles. The fourth-order valence-corrected chi connectivity index (χ4v) is 3.84. The van der Waals surface area contributed by atoms with Crippen molar-refractivity contribution in [2.24, 2.45) is 4.99 Å². The number of hydrogen-bond acceptors (Lipinski definition) is 6. The van der Waals surface area contributed by atoms with Gasteiger partial charge in [-0.25, -0.2) is 10.4 Å². The number of nitrogens with one attached hydrogen (secondary N) is 1. The maximum absolute atomic E-state index is 13.1. The van der Waals surface area contributed by atoms with Crippen LogP contribution in [-0.2, 0) is 15.1 Å². The summed E-state index contributed by atoms with van der Waals surface area (Å²) in [6.07, 6.45) is 3.08. The number of likely N-dealkylation sites (N-methyl/N-ethyl adjacent to an activating group) is 1. The van der Waals surface area contributed by atoms with Crippen molar-refractivity contribution in [3.05, 3.63) is 83.5 Å². The lowest BCUT2D eigenvalue weighted by atomic mass is 9.84. The third-order valence-electron chi connectivity index (χ3n) is 5.56. The summed E-state index contributed by atoms with van der Waals surface area (Å²) in [6, 6.07) is 15.9. The largest absolute Gasteiger partial charge is 0.497 e. The number of fused-ring (bicyclic) bond motifs is 1. The van der Waals surface area contributed by atoms with Crippen LogP contribution < -0.4 is 15.5 Å². The predicted octanol–water partition coefficient (Wildman–Crippen LogP) is 2.47. The first-order chi connectivity index (χ1) is 15.4. The van der Waals surface area contributed by atoms with Gasteiger partial charge in [-0.1, -0.05) is 18.2 Å². The number of pyridine rings is 1. The van der Waals surface area contributed by atoms with Crippen LogP contribution in [0.2, 0.25) is 0 Å². The van der Waals surface area contributed by atoms with Crippen molar-refractivity contribution in [3.63, 3.8) is 0 Å². The van der Waals surface area contributed by atoms with Crippen LogP contribution in [0.1, 0.15) is 19.4 Å². The number of ether oxygens (including phenoxy) is 1. The highest BCUT2D eigenvalue weighted by Crippen LogP contribution is 2.32. The normalized spacial score (nSPS) is 19.2. The van der Waals surface area contributed by atoms with Crippen molar-refractivity contribution < 1.29 is 19.5 Å². The minimum Gasteiger partial charge on any atom is -0.497 e. The molecule has 1 amide bonds. The molecule has 1 unspecified atom stereocenters. The van der Waals surface area contributed by atoms with Crippen LogP contribution >= 0.6 is 0 Å². The second-order valence-electron chi connectivity index (χ2n) is 7.46. The molecule has 0 spiro atoms. The second kappa shape index (κ2) is 8.32. The highest BCUT2D eigenvalue weighted by Gasteiger charge is 2.43. The topological polar surface area (TPSA) is 96.2 Å². The van der Waals surface area contributed by atoms with Crippen LogP contribution in [0, 0.1) is 0 Å². The standard InChI is InChI=1S/C24H24N4O4/c1-4-27-23(30)21(25-20-11-6-12-22-19(20)10-7-13-28(22)31)15-24(26-27,16(2)29)17-8-5-9-18(14-17)32-3/h5-15,26,31H,4H2,1-3H3. The van der Waals surface area contributed by atoms with Gasteiger partial charge in [-0.3, -0.25) is 14.6 Å². The average molecular weight is 432 g/mol. The molecule has 0 radical (unpaired) electrons. The fourth-order valence-electron chi connectivity index (χ4n) is 3.84. The Kier molecular flexibility index (Phi) is 5.54. The Hall–Kier alpha value is -3.91. The van der Waals surface area contributed by atoms with Crippen LogP contribution in [-0.4, -0.2) is 40.3 Å². The van der Waals surface area contributed by atoms with Gasteiger partial charge in [0.05, 0.1) is 18.2 Å². The number of Topliss-reactive ketones (excluding diaryl/α,β-unsaturated/α-hetero) is 1. The molecule has 1 aromatic carbocycles. The van der Waals surface area contributed by atoms with E-state index < -0.39 is 5.54 Å². The Morgan fingerprint density at radius 1 is 1.19 bits per heavy atom. The van der Waals surface area contributed by atoms with Crippen molar-refractivity contribution in [1.29, 1.82) is 0 Å². The maximum Gasteiger partial charge on any atom is 0.286 e.